The Kier molecular flexibility index (Phi) is 2.32. The molecule has 4 nitrogen and oxygen atoms in total. The summed E-state index contributed by atoms with van der Waals surface area (Å²) in [5.41, 5.74) is 0. The van der Waals surface area contributed by atoms with Crippen molar-refractivity contribution in [2.75, 3.05) is 14.2 Å². The summed E-state index contributed by atoms with van der Waals surface area (Å²) in [6, 6.07) is 0.243. The molecule has 2 aliphatic rings. The van der Waals surface area contributed by atoms with E-state index in [1.165, 1.54) is 0 Å². The van der Waals surface area contributed by atoms with Crippen LogP contribution in [0, 0.1) is 0 Å². The van der Waals surface area contributed by atoms with Gasteiger partial charge >= 0.3 is 0 Å². The molecule has 4 heteroatoms. The van der Waals surface area contributed by atoms with Crippen LogP contribution in [-0.4, -0.2) is 59.7 Å². The molecule has 0 aliphatic carbocycles. The van der Waals surface area contributed by atoms with E-state index < -0.39 is 6.10 Å². The Morgan fingerprint density at radius 3 is 2.46 bits per heavy atom. The van der Waals surface area contributed by atoms with Crippen LogP contribution >= 0.6 is 0 Å². The van der Waals surface area contributed by atoms with Gasteiger partial charge < -0.3 is 14.9 Å². The highest BCUT2D eigenvalue weighted by Gasteiger charge is 2.50. The Morgan fingerprint density at radius 2 is 1.85 bits per heavy atom. The number of likely N-dealkylation sites (N-methyl/N-ethyl adjacent to an activating group) is 1. The van der Waals surface area contributed by atoms with Crippen LogP contribution in [-0.2, 0) is 4.74 Å². The van der Waals surface area contributed by atoms with E-state index in [0.717, 1.165) is 0 Å². The predicted octanol–water partition coefficient (Wildman–Crippen LogP) is -0.800. The maximum Gasteiger partial charge on any atom is 0.100 e. The smallest absolute Gasteiger partial charge is 0.100 e. The lowest BCUT2D eigenvalue weighted by Gasteiger charge is -2.34. The maximum absolute atomic E-state index is 9.87. The fourth-order valence-electron chi connectivity index (χ4n) is 2.72. The van der Waals surface area contributed by atoms with E-state index in [9.17, 15) is 10.2 Å². The van der Waals surface area contributed by atoms with Gasteiger partial charge in [0.2, 0.25) is 0 Å². The molecule has 2 heterocycles. The van der Waals surface area contributed by atoms with Gasteiger partial charge in [0.1, 0.15) is 6.10 Å². The lowest BCUT2D eigenvalue weighted by atomic mass is 10.0. The SMILES string of the molecule is CO[C@@H]1[C@H](O)[C@H]2C[C@@H](O)C[C@@H]1N2C. The topological polar surface area (TPSA) is 52.9 Å². The number of fused-ring (bicyclic) bond motifs is 2. The van der Waals surface area contributed by atoms with Crippen LogP contribution in [0.15, 0.2) is 0 Å². The fourth-order valence-corrected chi connectivity index (χ4v) is 2.72. The van der Waals surface area contributed by atoms with E-state index in [0.29, 0.717) is 12.8 Å². The summed E-state index contributed by atoms with van der Waals surface area (Å²) >= 11 is 0. The van der Waals surface area contributed by atoms with Crippen molar-refractivity contribution in [2.45, 2.75) is 43.2 Å². The van der Waals surface area contributed by atoms with Crippen molar-refractivity contribution in [3.63, 3.8) is 0 Å². The van der Waals surface area contributed by atoms with Crippen LogP contribution in [0.2, 0.25) is 0 Å². The van der Waals surface area contributed by atoms with E-state index in [2.05, 4.69) is 4.90 Å². The van der Waals surface area contributed by atoms with Gasteiger partial charge in [-0.2, -0.15) is 0 Å². The van der Waals surface area contributed by atoms with Crippen LogP contribution in [0.25, 0.3) is 0 Å². The number of aliphatic hydroxyl groups excluding tert-OH is 2. The second-order valence-corrected chi connectivity index (χ2v) is 4.12. The van der Waals surface area contributed by atoms with Crippen molar-refractivity contribution in [2.24, 2.45) is 0 Å². The fraction of sp³-hybridized carbons (Fsp3) is 1.00. The van der Waals surface area contributed by atoms with E-state index in [-0.39, 0.29) is 24.3 Å². The second-order valence-electron chi connectivity index (χ2n) is 4.12. The Labute approximate surface area is 78.1 Å². The molecule has 0 aromatic rings. The van der Waals surface area contributed by atoms with Gasteiger partial charge in [-0.05, 0) is 19.9 Å². The van der Waals surface area contributed by atoms with E-state index in [1.54, 1.807) is 7.11 Å². The van der Waals surface area contributed by atoms with Gasteiger partial charge in [0.05, 0.1) is 12.2 Å². The quantitative estimate of drug-likeness (QED) is 0.564. The molecule has 0 aromatic carbocycles. The zero-order valence-electron chi connectivity index (χ0n) is 8.05. The van der Waals surface area contributed by atoms with Crippen LogP contribution in [0.5, 0.6) is 0 Å². The number of rotatable bonds is 1. The molecule has 13 heavy (non-hydrogen) atoms. The zero-order chi connectivity index (χ0) is 9.59. The molecular formula is C9H17NO3. The number of hydrogen-bond donors (Lipinski definition) is 2. The molecule has 0 saturated carbocycles. The van der Waals surface area contributed by atoms with Crippen molar-refractivity contribution >= 4 is 0 Å². The summed E-state index contributed by atoms with van der Waals surface area (Å²) in [7, 11) is 3.61. The molecular weight excluding hydrogens is 170 g/mol. The normalized spacial score (nSPS) is 51.2. The largest absolute Gasteiger partial charge is 0.393 e. The van der Waals surface area contributed by atoms with Crippen LogP contribution in [0.1, 0.15) is 12.8 Å². The molecule has 0 radical (unpaired) electrons. The number of piperidine rings is 1. The minimum absolute atomic E-state index is 0.0682. The third-order valence-corrected chi connectivity index (χ3v) is 3.46. The first-order chi connectivity index (χ1) is 6.15. The van der Waals surface area contributed by atoms with Crippen molar-refractivity contribution in [1.29, 1.82) is 0 Å². The molecule has 0 spiro atoms. The standard InChI is InChI=1S/C9H17NO3/c1-10-6-3-5(11)4-7(10)9(13-2)8(6)12/h5-9,11-12H,3-4H2,1-2H3/t5-,6-,7+,8-,9+/m1/s1. The number of methoxy groups -OCH3 is 1. The molecule has 2 N–H and O–H groups in total. The van der Waals surface area contributed by atoms with Crippen molar-refractivity contribution in [1.82, 2.24) is 4.90 Å². The first kappa shape index (κ1) is 9.40. The first-order valence-electron chi connectivity index (χ1n) is 4.76. The third-order valence-electron chi connectivity index (χ3n) is 3.46. The molecule has 2 fully saturated rings. The van der Waals surface area contributed by atoms with Gasteiger partial charge in [-0.15, -0.1) is 0 Å². The number of ether oxygens (including phenoxy) is 1. The molecule has 5 atom stereocenters. The first-order valence-corrected chi connectivity index (χ1v) is 4.76. The van der Waals surface area contributed by atoms with Crippen LogP contribution in [0.3, 0.4) is 0 Å². The zero-order valence-corrected chi connectivity index (χ0v) is 8.05. The van der Waals surface area contributed by atoms with Gasteiger partial charge in [0, 0.05) is 19.2 Å². The third kappa shape index (κ3) is 1.29. The van der Waals surface area contributed by atoms with Crippen molar-refractivity contribution in [3.05, 3.63) is 0 Å². The highest BCUT2D eigenvalue weighted by molar-refractivity contribution is 5.05. The molecule has 2 rings (SSSR count). The van der Waals surface area contributed by atoms with Gasteiger partial charge in [-0.3, -0.25) is 4.90 Å². The molecule has 2 saturated heterocycles. The van der Waals surface area contributed by atoms with Crippen molar-refractivity contribution < 1.29 is 14.9 Å². The molecule has 0 unspecified atom stereocenters. The summed E-state index contributed by atoms with van der Waals surface area (Å²) in [6.07, 6.45) is 0.515. The number of hydrogen-bond acceptors (Lipinski definition) is 4. The molecule has 0 aromatic heterocycles. The lowest BCUT2D eigenvalue weighted by Crippen LogP contribution is -2.44. The summed E-state index contributed by atoms with van der Waals surface area (Å²) < 4.78 is 5.25. The summed E-state index contributed by atoms with van der Waals surface area (Å²) in [4.78, 5) is 2.13. The van der Waals surface area contributed by atoms with E-state index >= 15 is 0 Å². The Morgan fingerprint density at radius 1 is 1.23 bits per heavy atom. The highest BCUT2D eigenvalue weighted by atomic mass is 16.5. The molecule has 2 bridgehead atoms. The molecule has 2 aliphatic heterocycles. The Balaban J connectivity index is 2.19. The maximum atomic E-state index is 9.87. The van der Waals surface area contributed by atoms with Crippen LogP contribution in [0.4, 0.5) is 0 Å². The minimum Gasteiger partial charge on any atom is -0.393 e. The second kappa shape index (κ2) is 3.20. The Bertz CT molecular complexity index is 197. The van der Waals surface area contributed by atoms with Gasteiger partial charge in [-0.25, -0.2) is 0 Å². The highest BCUT2D eigenvalue weighted by Crippen LogP contribution is 2.36. The van der Waals surface area contributed by atoms with Gasteiger partial charge in [0.25, 0.3) is 0 Å². The van der Waals surface area contributed by atoms with Gasteiger partial charge in [-0.1, -0.05) is 0 Å². The van der Waals surface area contributed by atoms with Gasteiger partial charge in [0.15, 0.2) is 0 Å². The monoisotopic (exact) mass is 187 g/mol. The van der Waals surface area contributed by atoms with E-state index in [4.69, 9.17) is 4.74 Å². The average molecular weight is 187 g/mol. The lowest BCUT2D eigenvalue weighted by molar-refractivity contribution is -0.00230. The summed E-state index contributed by atoms with van der Waals surface area (Å²) in [6.45, 7) is 0. The number of aliphatic hydroxyl groups is 2. The Hall–Kier alpha value is -0.160. The molecule has 0 amide bonds. The van der Waals surface area contributed by atoms with Crippen LogP contribution < -0.4 is 0 Å². The minimum atomic E-state index is -0.447. The summed E-state index contributed by atoms with van der Waals surface area (Å²) in [5, 5.41) is 19.4. The number of nitrogens with zero attached hydrogens (tertiary/aromatic N) is 1. The average Bonchev–Trinajstić information content (AvgIpc) is 2.26. The predicted molar refractivity (Wildman–Crippen MR) is 47.4 cm³/mol. The van der Waals surface area contributed by atoms with Crippen molar-refractivity contribution in [3.8, 4) is 0 Å². The summed E-state index contributed by atoms with van der Waals surface area (Å²) in [5.74, 6) is 0. The molecule has 76 valence electrons. The van der Waals surface area contributed by atoms with E-state index in [1.807, 2.05) is 7.05 Å².